The normalized spacial score (nSPS) is 22.6. The van der Waals surface area contributed by atoms with Gasteiger partial charge in [0.1, 0.15) is 0 Å². The third-order valence-electron chi connectivity index (χ3n) is 4.54. The molecular weight excluding hydrogens is 191 g/mol. The summed E-state index contributed by atoms with van der Waals surface area (Å²) in [5.41, 5.74) is 0.129. The zero-order valence-electron chi connectivity index (χ0n) is 11.7. The van der Waals surface area contributed by atoms with E-state index in [2.05, 4.69) is 53.9 Å². The van der Waals surface area contributed by atoms with Crippen molar-refractivity contribution in [3.8, 4) is 0 Å². The molecule has 0 aliphatic carbocycles. The zero-order valence-corrected chi connectivity index (χ0v) is 11.7. The molecule has 90 valence electrons. The molecule has 5 unspecified atom stereocenters. The summed E-state index contributed by atoms with van der Waals surface area (Å²) in [7, 11) is 5.99. The predicted octanol–water partition coefficient (Wildman–Crippen LogP) is 4.64. The molecule has 0 aliphatic rings. The van der Waals surface area contributed by atoms with Crippen LogP contribution in [0, 0.1) is 23.2 Å². The van der Waals surface area contributed by atoms with Crippen LogP contribution in [0.25, 0.3) is 0 Å². The van der Waals surface area contributed by atoms with Crippen LogP contribution >= 0.6 is 0 Å². The average Bonchev–Trinajstić information content (AvgIpc) is 2.25. The Kier molecular flexibility index (Phi) is 6.14. The van der Waals surface area contributed by atoms with Crippen molar-refractivity contribution in [3.63, 3.8) is 0 Å². The quantitative estimate of drug-likeness (QED) is 0.431. The van der Waals surface area contributed by atoms with Gasteiger partial charge in [0.2, 0.25) is 0 Å². The van der Waals surface area contributed by atoms with Gasteiger partial charge in [0, 0.05) is 0 Å². The first-order valence-corrected chi connectivity index (χ1v) is 6.30. The molecule has 2 radical (unpaired) electrons. The number of allylic oxidation sites excluding steroid dienone is 2. The van der Waals surface area contributed by atoms with Crippen LogP contribution in [0.3, 0.4) is 0 Å². The van der Waals surface area contributed by atoms with Crippen LogP contribution in [0.5, 0.6) is 0 Å². The third kappa shape index (κ3) is 3.54. The highest BCUT2D eigenvalue weighted by atomic mass is 14.4. The molecule has 1 heteroatoms. The van der Waals surface area contributed by atoms with E-state index in [1.54, 1.807) is 0 Å². The molecule has 5 atom stereocenters. The van der Waals surface area contributed by atoms with Crippen molar-refractivity contribution < 1.29 is 0 Å². The highest BCUT2D eigenvalue weighted by Gasteiger charge is 2.33. The third-order valence-corrected chi connectivity index (χ3v) is 4.54. The topological polar surface area (TPSA) is 0 Å². The van der Waals surface area contributed by atoms with Crippen molar-refractivity contribution in [2.45, 2.75) is 46.9 Å². The van der Waals surface area contributed by atoms with E-state index >= 15 is 0 Å². The van der Waals surface area contributed by atoms with E-state index in [1.807, 2.05) is 6.08 Å². The summed E-state index contributed by atoms with van der Waals surface area (Å²) in [4.78, 5) is 0. The van der Waals surface area contributed by atoms with E-state index < -0.39 is 0 Å². The SMILES string of the molecule is [B]C(C)C(C)C(C)C(C)C(C)(C=C)CC=C. The van der Waals surface area contributed by atoms with Crippen molar-refractivity contribution in [1.82, 2.24) is 0 Å². The van der Waals surface area contributed by atoms with Gasteiger partial charge in [-0.05, 0) is 29.6 Å². The Morgan fingerprint density at radius 3 is 1.94 bits per heavy atom. The van der Waals surface area contributed by atoms with Crippen LogP contribution in [0.15, 0.2) is 25.3 Å². The molecule has 0 aromatic rings. The van der Waals surface area contributed by atoms with Gasteiger partial charge in [0.15, 0.2) is 0 Å². The first kappa shape index (κ1) is 15.5. The molecule has 0 fully saturated rings. The maximum Gasteiger partial charge on any atom is 0.0699 e. The molecule has 0 bridgehead atoms. The maximum absolute atomic E-state index is 5.99. The minimum absolute atomic E-state index is 0.129. The van der Waals surface area contributed by atoms with E-state index in [-0.39, 0.29) is 11.2 Å². The minimum atomic E-state index is 0.129. The lowest BCUT2D eigenvalue weighted by molar-refractivity contribution is 0.155. The van der Waals surface area contributed by atoms with Crippen LogP contribution < -0.4 is 0 Å². The summed E-state index contributed by atoms with van der Waals surface area (Å²) in [5.74, 6) is 1.92. The van der Waals surface area contributed by atoms with Gasteiger partial charge in [-0.2, -0.15) is 0 Å². The van der Waals surface area contributed by atoms with Crippen molar-refractivity contribution in [2.75, 3.05) is 0 Å². The van der Waals surface area contributed by atoms with E-state index in [0.29, 0.717) is 17.8 Å². The van der Waals surface area contributed by atoms with Gasteiger partial charge in [0.05, 0.1) is 7.85 Å². The van der Waals surface area contributed by atoms with E-state index in [4.69, 9.17) is 7.85 Å². The van der Waals surface area contributed by atoms with Gasteiger partial charge >= 0.3 is 0 Å². The van der Waals surface area contributed by atoms with Crippen molar-refractivity contribution in [2.24, 2.45) is 23.2 Å². The monoisotopic (exact) mass is 218 g/mol. The van der Waals surface area contributed by atoms with Crippen LogP contribution in [0.1, 0.15) is 41.0 Å². The molecule has 0 aliphatic heterocycles. The summed E-state index contributed by atoms with van der Waals surface area (Å²) in [5, 5.41) is 0. The van der Waals surface area contributed by atoms with Crippen LogP contribution in [0.2, 0.25) is 5.82 Å². The van der Waals surface area contributed by atoms with Gasteiger partial charge in [-0.3, -0.25) is 0 Å². The molecule has 0 N–H and O–H groups in total. The molecule has 0 rings (SSSR count). The molecular formula is C15H27B. The summed E-state index contributed by atoms with van der Waals surface area (Å²) in [6, 6.07) is 0. The first-order valence-electron chi connectivity index (χ1n) is 6.30. The van der Waals surface area contributed by atoms with Gasteiger partial charge in [-0.25, -0.2) is 0 Å². The lowest BCUT2D eigenvalue weighted by Crippen LogP contribution is -2.31. The van der Waals surface area contributed by atoms with Gasteiger partial charge < -0.3 is 0 Å². The molecule has 0 saturated carbocycles. The summed E-state index contributed by atoms with van der Waals surface area (Å²) < 4.78 is 0. The van der Waals surface area contributed by atoms with Crippen LogP contribution in [-0.2, 0) is 0 Å². The van der Waals surface area contributed by atoms with E-state index in [9.17, 15) is 0 Å². The Labute approximate surface area is 104 Å². The maximum atomic E-state index is 5.99. The average molecular weight is 218 g/mol. The smallest absolute Gasteiger partial charge is 0.0699 e. The highest BCUT2D eigenvalue weighted by Crippen LogP contribution is 2.41. The Morgan fingerprint density at radius 2 is 1.62 bits per heavy atom. The Balaban J connectivity index is 4.80. The standard InChI is InChI=1S/C15H27B/c1-8-10-15(7,9-2)13(5)11(3)12(4)14(6)16/h8-9,11-14H,1-2,10H2,3-7H3. The molecule has 0 aromatic carbocycles. The van der Waals surface area contributed by atoms with Gasteiger partial charge in [-0.15, -0.1) is 13.2 Å². The lowest BCUT2D eigenvalue weighted by atomic mass is 9.63. The van der Waals surface area contributed by atoms with Crippen molar-refractivity contribution in [3.05, 3.63) is 25.3 Å². The highest BCUT2D eigenvalue weighted by molar-refractivity contribution is 6.11. The largest absolute Gasteiger partial charge is 0.103 e. The van der Waals surface area contributed by atoms with Gasteiger partial charge in [0.25, 0.3) is 0 Å². The first-order chi connectivity index (χ1) is 7.30. The Hall–Kier alpha value is -0.455. The number of hydrogen-bond donors (Lipinski definition) is 0. The summed E-state index contributed by atoms with van der Waals surface area (Å²) in [6.45, 7) is 19.0. The van der Waals surface area contributed by atoms with E-state index in [0.717, 1.165) is 6.42 Å². The summed E-state index contributed by atoms with van der Waals surface area (Å²) in [6.07, 6.45) is 5.04. The molecule has 0 aromatic heterocycles. The van der Waals surface area contributed by atoms with Crippen LogP contribution in [0.4, 0.5) is 0 Å². The summed E-state index contributed by atoms with van der Waals surface area (Å²) >= 11 is 0. The molecule has 0 nitrogen and oxygen atoms in total. The van der Waals surface area contributed by atoms with Crippen molar-refractivity contribution in [1.29, 1.82) is 0 Å². The molecule has 0 saturated heterocycles. The molecule has 16 heavy (non-hydrogen) atoms. The Bertz CT molecular complexity index is 232. The lowest BCUT2D eigenvalue weighted by Gasteiger charge is -2.39. The fraction of sp³-hybridized carbons (Fsp3) is 0.733. The predicted molar refractivity (Wildman–Crippen MR) is 75.8 cm³/mol. The van der Waals surface area contributed by atoms with Crippen LogP contribution in [-0.4, -0.2) is 7.85 Å². The minimum Gasteiger partial charge on any atom is -0.103 e. The van der Waals surface area contributed by atoms with Gasteiger partial charge in [-0.1, -0.05) is 52.6 Å². The van der Waals surface area contributed by atoms with Crippen molar-refractivity contribution >= 4 is 7.85 Å². The number of hydrogen-bond acceptors (Lipinski definition) is 0. The fourth-order valence-electron chi connectivity index (χ4n) is 2.30. The number of rotatable bonds is 7. The molecule has 0 spiro atoms. The molecule has 0 amide bonds. The molecule has 0 heterocycles. The second kappa shape index (κ2) is 6.32. The fourth-order valence-corrected chi connectivity index (χ4v) is 2.30. The second-order valence-corrected chi connectivity index (χ2v) is 5.57. The zero-order chi connectivity index (χ0) is 12.9. The Morgan fingerprint density at radius 1 is 1.12 bits per heavy atom. The second-order valence-electron chi connectivity index (χ2n) is 5.57. The van der Waals surface area contributed by atoms with E-state index in [1.165, 1.54) is 0 Å².